The van der Waals surface area contributed by atoms with E-state index in [0.717, 1.165) is 38.0 Å². The molecule has 0 aliphatic carbocycles. The molecule has 5 nitrogen and oxygen atoms in total. The van der Waals surface area contributed by atoms with Crippen LogP contribution in [0.5, 0.6) is 0 Å². The zero-order valence-electron chi connectivity index (χ0n) is 13.3. The molecule has 0 saturated carbocycles. The number of nitrogens with zero attached hydrogens (tertiary/aromatic N) is 2. The van der Waals surface area contributed by atoms with Crippen molar-refractivity contribution in [3.63, 3.8) is 0 Å². The summed E-state index contributed by atoms with van der Waals surface area (Å²) < 4.78 is 0. The third-order valence-corrected chi connectivity index (χ3v) is 4.35. The van der Waals surface area contributed by atoms with Crippen LogP contribution < -0.4 is 0 Å². The molecule has 1 aliphatic rings. The lowest BCUT2D eigenvalue weighted by Crippen LogP contribution is -2.43. The number of amides is 1. The van der Waals surface area contributed by atoms with Crippen molar-refractivity contribution in [1.82, 2.24) is 9.80 Å². The van der Waals surface area contributed by atoms with Crippen molar-refractivity contribution < 1.29 is 14.7 Å². The highest BCUT2D eigenvalue weighted by Gasteiger charge is 2.25. The van der Waals surface area contributed by atoms with Gasteiger partial charge in [-0.2, -0.15) is 0 Å². The van der Waals surface area contributed by atoms with Crippen LogP contribution in [0.2, 0.25) is 0 Å². The summed E-state index contributed by atoms with van der Waals surface area (Å²) in [5.74, 6) is -0.432. The second-order valence-electron chi connectivity index (χ2n) is 5.94. The lowest BCUT2D eigenvalue weighted by Gasteiger charge is -2.34. The number of hydrogen-bond acceptors (Lipinski definition) is 3. The van der Waals surface area contributed by atoms with Crippen LogP contribution in [0, 0.1) is 0 Å². The fourth-order valence-electron chi connectivity index (χ4n) is 2.82. The van der Waals surface area contributed by atoms with Crippen molar-refractivity contribution in [2.75, 3.05) is 33.2 Å². The second-order valence-corrected chi connectivity index (χ2v) is 5.94. The topological polar surface area (TPSA) is 60.9 Å². The van der Waals surface area contributed by atoms with Gasteiger partial charge < -0.3 is 10.0 Å². The first-order chi connectivity index (χ1) is 10.5. The van der Waals surface area contributed by atoms with Crippen molar-refractivity contribution in [3.05, 3.63) is 35.4 Å². The van der Waals surface area contributed by atoms with E-state index in [1.165, 1.54) is 0 Å². The Morgan fingerprint density at radius 3 is 2.59 bits per heavy atom. The van der Waals surface area contributed by atoms with Gasteiger partial charge in [-0.25, -0.2) is 4.79 Å². The van der Waals surface area contributed by atoms with E-state index < -0.39 is 5.97 Å². The number of aromatic carboxylic acids is 1. The Kier molecular flexibility index (Phi) is 5.55. The molecule has 22 heavy (non-hydrogen) atoms. The number of carbonyl (C=O) groups is 2. The molecule has 1 N–H and O–H groups in total. The number of hydrogen-bond donors (Lipinski definition) is 1. The van der Waals surface area contributed by atoms with Gasteiger partial charge in [-0.3, -0.25) is 9.69 Å². The van der Waals surface area contributed by atoms with E-state index >= 15 is 0 Å². The molecule has 1 fully saturated rings. The second kappa shape index (κ2) is 7.40. The number of carboxylic acids is 1. The Hall–Kier alpha value is -1.88. The summed E-state index contributed by atoms with van der Waals surface area (Å²) in [5.41, 5.74) is 1.42. The Labute approximate surface area is 131 Å². The van der Waals surface area contributed by atoms with E-state index in [0.29, 0.717) is 18.0 Å². The third kappa shape index (κ3) is 4.07. The van der Waals surface area contributed by atoms with Crippen LogP contribution >= 0.6 is 0 Å². The van der Waals surface area contributed by atoms with E-state index in [9.17, 15) is 9.59 Å². The van der Waals surface area contributed by atoms with Crippen LogP contribution in [-0.2, 0) is 4.79 Å². The van der Waals surface area contributed by atoms with Crippen LogP contribution in [0.25, 0.3) is 0 Å². The molecule has 1 aromatic carbocycles. The van der Waals surface area contributed by atoms with Crippen LogP contribution in [-0.4, -0.2) is 60.0 Å². The lowest BCUT2D eigenvalue weighted by molar-refractivity contribution is -0.133. The molecule has 0 spiro atoms. The highest BCUT2D eigenvalue weighted by atomic mass is 16.4. The molecule has 1 aromatic rings. The standard InChI is InChI=1S/C17H24N2O3/c1-3-18(2)12-16(20)19-10-4-5-15(11-19)13-6-8-14(9-7-13)17(21)22/h6-9,15H,3-5,10-12H2,1-2H3,(H,21,22)/t15-/m0/s1. The third-order valence-electron chi connectivity index (χ3n) is 4.35. The minimum Gasteiger partial charge on any atom is -0.478 e. The maximum Gasteiger partial charge on any atom is 0.335 e. The SMILES string of the molecule is CCN(C)CC(=O)N1CCC[C@H](c2ccc(C(=O)O)cc2)C1. The number of carboxylic acid groups (broad SMARTS) is 1. The van der Waals surface area contributed by atoms with Crippen molar-refractivity contribution in [2.45, 2.75) is 25.7 Å². The molecule has 0 bridgehead atoms. The van der Waals surface area contributed by atoms with Crippen molar-refractivity contribution in [1.29, 1.82) is 0 Å². The zero-order chi connectivity index (χ0) is 16.1. The van der Waals surface area contributed by atoms with Crippen molar-refractivity contribution >= 4 is 11.9 Å². The first-order valence-electron chi connectivity index (χ1n) is 7.80. The van der Waals surface area contributed by atoms with Crippen LogP contribution in [0.4, 0.5) is 0 Å². The summed E-state index contributed by atoms with van der Waals surface area (Å²) in [6, 6.07) is 7.03. The van der Waals surface area contributed by atoms with Gasteiger partial charge >= 0.3 is 5.97 Å². The van der Waals surface area contributed by atoms with E-state index in [2.05, 4.69) is 0 Å². The fourth-order valence-corrected chi connectivity index (χ4v) is 2.82. The van der Waals surface area contributed by atoms with Gasteiger partial charge in [0.25, 0.3) is 0 Å². The smallest absolute Gasteiger partial charge is 0.335 e. The highest BCUT2D eigenvalue weighted by molar-refractivity contribution is 5.87. The number of carbonyl (C=O) groups excluding carboxylic acids is 1. The average Bonchev–Trinajstić information content (AvgIpc) is 2.54. The quantitative estimate of drug-likeness (QED) is 0.904. The van der Waals surface area contributed by atoms with Gasteiger partial charge in [-0.05, 0) is 44.1 Å². The molecule has 120 valence electrons. The summed E-state index contributed by atoms with van der Waals surface area (Å²) in [7, 11) is 1.95. The fraction of sp³-hybridized carbons (Fsp3) is 0.529. The molecule has 0 radical (unpaired) electrons. The summed E-state index contributed by atoms with van der Waals surface area (Å²) in [5, 5.41) is 8.95. The van der Waals surface area contributed by atoms with Gasteiger partial charge in [0.1, 0.15) is 0 Å². The number of likely N-dealkylation sites (N-methyl/N-ethyl adjacent to an activating group) is 1. The number of benzene rings is 1. The van der Waals surface area contributed by atoms with E-state index in [1.54, 1.807) is 12.1 Å². The molecule has 5 heteroatoms. The monoisotopic (exact) mass is 304 g/mol. The number of piperidine rings is 1. The van der Waals surface area contributed by atoms with E-state index in [1.807, 2.05) is 35.9 Å². The van der Waals surface area contributed by atoms with Gasteiger partial charge in [0.15, 0.2) is 0 Å². The Morgan fingerprint density at radius 2 is 2.00 bits per heavy atom. The first-order valence-corrected chi connectivity index (χ1v) is 7.80. The van der Waals surface area contributed by atoms with Gasteiger partial charge in [-0.1, -0.05) is 19.1 Å². The van der Waals surface area contributed by atoms with Crippen molar-refractivity contribution in [2.24, 2.45) is 0 Å². The summed E-state index contributed by atoms with van der Waals surface area (Å²) in [6.45, 7) is 4.90. The lowest BCUT2D eigenvalue weighted by atomic mass is 9.90. The minimum atomic E-state index is -0.908. The number of rotatable bonds is 5. The van der Waals surface area contributed by atoms with Crippen LogP contribution in [0.3, 0.4) is 0 Å². The van der Waals surface area contributed by atoms with Gasteiger partial charge in [0, 0.05) is 19.0 Å². The Morgan fingerprint density at radius 1 is 1.32 bits per heavy atom. The maximum atomic E-state index is 12.3. The van der Waals surface area contributed by atoms with Crippen LogP contribution in [0.1, 0.15) is 41.6 Å². The summed E-state index contributed by atoms with van der Waals surface area (Å²) >= 11 is 0. The molecule has 0 aromatic heterocycles. The Balaban J connectivity index is 2.00. The van der Waals surface area contributed by atoms with Gasteiger partial charge in [0.05, 0.1) is 12.1 Å². The predicted octanol–water partition coefficient (Wildman–Crippen LogP) is 2.04. The molecule has 0 unspecified atom stereocenters. The summed E-state index contributed by atoms with van der Waals surface area (Å²) in [4.78, 5) is 27.1. The molecule has 1 aliphatic heterocycles. The molecule has 1 saturated heterocycles. The van der Waals surface area contributed by atoms with Crippen LogP contribution in [0.15, 0.2) is 24.3 Å². The van der Waals surface area contributed by atoms with E-state index in [4.69, 9.17) is 5.11 Å². The molecule has 1 heterocycles. The van der Waals surface area contributed by atoms with Gasteiger partial charge in [0.2, 0.25) is 5.91 Å². The molecule has 1 atom stereocenters. The first kappa shape index (κ1) is 16.5. The van der Waals surface area contributed by atoms with Crippen molar-refractivity contribution in [3.8, 4) is 0 Å². The maximum absolute atomic E-state index is 12.3. The largest absolute Gasteiger partial charge is 0.478 e. The number of likely N-dealkylation sites (tertiary alicyclic amines) is 1. The summed E-state index contributed by atoms with van der Waals surface area (Å²) in [6.07, 6.45) is 2.03. The highest BCUT2D eigenvalue weighted by Crippen LogP contribution is 2.27. The average molecular weight is 304 g/mol. The normalized spacial score (nSPS) is 18.5. The predicted molar refractivity (Wildman–Crippen MR) is 85.1 cm³/mol. The molecule has 2 rings (SSSR count). The zero-order valence-corrected chi connectivity index (χ0v) is 13.3. The molecule has 1 amide bonds. The Bertz CT molecular complexity index is 527. The van der Waals surface area contributed by atoms with E-state index in [-0.39, 0.29) is 5.91 Å². The molecular formula is C17H24N2O3. The molecular weight excluding hydrogens is 280 g/mol. The minimum absolute atomic E-state index is 0.177. The van der Waals surface area contributed by atoms with Gasteiger partial charge in [-0.15, -0.1) is 0 Å².